The van der Waals surface area contributed by atoms with Crippen LogP contribution in [0.2, 0.25) is 0 Å². The third-order valence-corrected chi connectivity index (χ3v) is 5.86. The molecular weight excluding hydrogens is 428 g/mol. The van der Waals surface area contributed by atoms with E-state index in [1.807, 2.05) is 0 Å². The number of hydrogen-bond donors (Lipinski definition) is 2. The molecule has 154 valence electrons. The monoisotopic (exact) mass is 456 g/mol. The van der Waals surface area contributed by atoms with Gasteiger partial charge in [-0.15, -0.1) is 17.0 Å². The average Bonchev–Trinajstić information content (AvgIpc) is 3.13. The molecule has 0 unspecified atom stereocenters. The van der Waals surface area contributed by atoms with E-state index >= 15 is 0 Å². The lowest BCUT2D eigenvalue weighted by Crippen LogP contribution is -2.27. The molecule has 0 bridgehead atoms. The summed E-state index contributed by atoms with van der Waals surface area (Å²) in [5.74, 6) is 1.59. The van der Waals surface area contributed by atoms with Crippen molar-refractivity contribution < 1.29 is 4.52 Å². The number of H-pyrrole nitrogens is 1. The van der Waals surface area contributed by atoms with Gasteiger partial charge in [0.1, 0.15) is 5.76 Å². The lowest BCUT2D eigenvalue weighted by molar-refractivity contribution is 0.323. The number of rotatable bonds is 7. The lowest BCUT2D eigenvalue weighted by atomic mass is 9.86. The zero-order chi connectivity index (χ0) is 19.2. The van der Waals surface area contributed by atoms with Crippen molar-refractivity contribution in [2.45, 2.75) is 43.9 Å². The molecule has 1 fully saturated rings. The van der Waals surface area contributed by atoms with Crippen LogP contribution in [-0.4, -0.2) is 18.2 Å². The largest absolute Gasteiger partial charge is 0.383 e. The van der Waals surface area contributed by atoms with Crippen molar-refractivity contribution in [3.8, 4) is 0 Å². The number of hydrogen-bond acceptors (Lipinski definition) is 3. The van der Waals surface area contributed by atoms with Crippen LogP contribution in [0.5, 0.6) is 0 Å². The number of benzene rings is 2. The van der Waals surface area contributed by atoms with Crippen molar-refractivity contribution in [1.29, 1.82) is 0 Å². The van der Waals surface area contributed by atoms with Crippen LogP contribution in [0.3, 0.4) is 0 Å². The van der Waals surface area contributed by atoms with Gasteiger partial charge in [-0.2, -0.15) is 5.16 Å². The van der Waals surface area contributed by atoms with Gasteiger partial charge in [-0.25, -0.2) is 0 Å². The SMILES string of the molecule is Br.O=c1[nH]oc(C2CCNCC2)c1CCCC(c1ccccc1)c1ccccc1. The van der Waals surface area contributed by atoms with E-state index in [1.54, 1.807) is 0 Å². The van der Waals surface area contributed by atoms with Crippen LogP contribution >= 0.6 is 17.0 Å². The topological polar surface area (TPSA) is 58.0 Å². The second-order valence-corrected chi connectivity index (χ2v) is 7.67. The minimum absolute atomic E-state index is 0. The summed E-state index contributed by atoms with van der Waals surface area (Å²) in [5, 5.41) is 5.96. The average molecular weight is 457 g/mol. The van der Waals surface area contributed by atoms with Gasteiger partial charge in [-0.05, 0) is 56.3 Å². The molecule has 0 saturated carbocycles. The van der Waals surface area contributed by atoms with E-state index in [2.05, 4.69) is 71.1 Å². The van der Waals surface area contributed by atoms with Gasteiger partial charge in [0.05, 0.1) is 5.56 Å². The first-order valence-electron chi connectivity index (χ1n) is 10.3. The second-order valence-electron chi connectivity index (χ2n) is 7.67. The maximum atomic E-state index is 12.3. The highest BCUT2D eigenvalue weighted by molar-refractivity contribution is 8.93. The summed E-state index contributed by atoms with van der Waals surface area (Å²) in [4.78, 5) is 12.3. The van der Waals surface area contributed by atoms with Gasteiger partial charge < -0.3 is 9.84 Å². The first-order valence-corrected chi connectivity index (χ1v) is 10.3. The molecule has 0 radical (unpaired) electrons. The second kappa shape index (κ2) is 10.6. The Bertz CT molecular complexity index is 875. The normalized spacial score (nSPS) is 14.7. The Hall–Kier alpha value is -2.11. The zero-order valence-corrected chi connectivity index (χ0v) is 18.3. The Kier molecular flexibility index (Phi) is 7.90. The van der Waals surface area contributed by atoms with E-state index in [9.17, 15) is 4.79 Å². The highest BCUT2D eigenvalue weighted by atomic mass is 79.9. The molecule has 1 aliphatic heterocycles. The predicted octanol–water partition coefficient (Wildman–Crippen LogP) is 5.17. The van der Waals surface area contributed by atoms with Crippen LogP contribution in [0.1, 0.15) is 60.0 Å². The first kappa shape index (κ1) is 21.6. The third-order valence-electron chi connectivity index (χ3n) is 5.86. The minimum atomic E-state index is -0.0514. The number of aromatic nitrogens is 1. The van der Waals surface area contributed by atoms with Gasteiger partial charge in [-0.3, -0.25) is 4.79 Å². The summed E-state index contributed by atoms with van der Waals surface area (Å²) in [5.41, 5.74) is 3.46. The predicted molar refractivity (Wildman–Crippen MR) is 122 cm³/mol. The Labute approximate surface area is 182 Å². The van der Waals surface area contributed by atoms with Crippen molar-refractivity contribution in [3.05, 3.63) is 93.5 Å². The molecule has 0 amide bonds. The van der Waals surface area contributed by atoms with E-state index in [1.165, 1.54) is 11.1 Å². The van der Waals surface area contributed by atoms with Gasteiger partial charge in [0.2, 0.25) is 0 Å². The molecule has 29 heavy (non-hydrogen) atoms. The van der Waals surface area contributed by atoms with Crippen LogP contribution in [0.4, 0.5) is 0 Å². The maximum Gasteiger partial charge on any atom is 0.283 e. The van der Waals surface area contributed by atoms with Crippen LogP contribution in [0.15, 0.2) is 70.0 Å². The van der Waals surface area contributed by atoms with E-state index in [4.69, 9.17) is 4.52 Å². The molecular formula is C24H29BrN2O2. The molecule has 1 aromatic heterocycles. The van der Waals surface area contributed by atoms with E-state index < -0.39 is 0 Å². The highest BCUT2D eigenvalue weighted by Crippen LogP contribution is 2.31. The smallest absolute Gasteiger partial charge is 0.283 e. The van der Waals surface area contributed by atoms with E-state index in [0.717, 1.165) is 56.5 Å². The molecule has 2 N–H and O–H groups in total. The summed E-state index contributed by atoms with van der Waals surface area (Å²) in [6, 6.07) is 21.3. The summed E-state index contributed by atoms with van der Waals surface area (Å²) >= 11 is 0. The molecule has 0 atom stereocenters. The standard InChI is InChI=1S/C24H28N2O2.BrH/c27-24-22(23(28-26-24)20-14-16-25-17-15-20)13-7-12-21(18-8-3-1-4-9-18)19-10-5-2-6-11-19;/h1-6,8-11,20-21,25H,7,12-17H2,(H,26,27);1H. The van der Waals surface area contributed by atoms with Crippen molar-refractivity contribution >= 4 is 17.0 Å². The highest BCUT2D eigenvalue weighted by Gasteiger charge is 2.24. The van der Waals surface area contributed by atoms with Crippen molar-refractivity contribution in [2.24, 2.45) is 0 Å². The fraction of sp³-hybridized carbons (Fsp3) is 0.375. The van der Waals surface area contributed by atoms with Crippen molar-refractivity contribution in [3.63, 3.8) is 0 Å². The van der Waals surface area contributed by atoms with Crippen LogP contribution in [-0.2, 0) is 6.42 Å². The maximum absolute atomic E-state index is 12.3. The zero-order valence-electron chi connectivity index (χ0n) is 16.6. The van der Waals surface area contributed by atoms with Crippen LogP contribution in [0, 0.1) is 0 Å². The quantitative estimate of drug-likeness (QED) is 0.515. The molecule has 1 saturated heterocycles. The van der Waals surface area contributed by atoms with Crippen LogP contribution in [0.25, 0.3) is 0 Å². The van der Waals surface area contributed by atoms with E-state index in [0.29, 0.717) is 11.8 Å². The summed E-state index contributed by atoms with van der Waals surface area (Å²) < 4.78 is 5.60. The Morgan fingerprint density at radius 1 is 0.931 bits per heavy atom. The third kappa shape index (κ3) is 5.28. The fourth-order valence-electron chi connectivity index (χ4n) is 4.37. The fourth-order valence-corrected chi connectivity index (χ4v) is 4.37. The van der Waals surface area contributed by atoms with Gasteiger partial charge in [-0.1, -0.05) is 60.7 Å². The molecule has 0 spiro atoms. The minimum Gasteiger partial charge on any atom is -0.383 e. The van der Waals surface area contributed by atoms with Crippen molar-refractivity contribution in [1.82, 2.24) is 10.5 Å². The molecule has 3 aromatic rings. The lowest BCUT2D eigenvalue weighted by Gasteiger charge is -2.21. The van der Waals surface area contributed by atoms with Gasteiger partial charge in [0.15, 0.2) is 0 Å². The molecule has 2 heterocycles. The molecule has 2 aromatic carbocycles. The Morgan fingerprint density at radius 2 is 1.52 bits per heavy atom. The number of piperidine rings is 1. The Morgan fingerprint density at radius 3 is 2.10 bits per heavy atom. The molecule has 4 rings (SSSR count). The van der Waals surface area contributed by atoms with Gasteiger partial charge >= 0.3 is 0 Å². The number of nitrogens with one attached hydrogen (secondary N) is 2. The molecule has 0 aliphatic carbocycles. The van der Waals surface area contributed by atoms with Gasteiger partial charge in [0, 0.05) is 11.8 Å². The molecule has 5 heteroatoms. The summed E-state index contributed by atoms with van der Waals surface area (Å²) in [6.45, 7) is 1.98. The van der Waals surface area contributed by atoms with Crippen molar-refractivity contribution in [2.75, 3.05) is 13.1 Å². The Balaban J connectivity index is 0.00000240. The summed E-state index contributed by atoms with van der Waals surface area (Å²) in [6.07, 6.45) is 4.79. The molecule has 1 aliphatic rings. The summed E-state index contributed by atoms with van der Waals surface area (Å²) in [7, 11) is 0. The van der Waals surface area contributed by atoms with E-state index in [-0.39, 0.29) is 22.5 Å². The number of aromatic amines is 1. The van der Waals surface area contributed by atoms with Crippen LogP contribution < -0.4 is 10.9 Å². The first-order chi connectivity index (χ1) is 13.8. The van der Waals surface area contributed by atoms with Gasteiger partial charge in [0.25, 0.3) is 5.56 Å². The number of halogens is 1. The molecule has 4 nitrogen and oxygen atoms in total.